The zero-order chi connectivity index (χ0) is 22.6. The SMILES string of the molecule is CCNC(=NCc1ccc(NC(=O)NC(C)C)cc1)NCCc1ccc(C)c(OC)c1.I. The van der Waals surface area contributed by atoms with E-state index in [1.54, 1.807) is 7.11 Å². The van der Waals surface area contributed by atoms with E-state index in [-0.39, 0.29) is 36.0 Å². The summed E-state index contributed by atoms with van der Waals surface area (Å²) in [6.45, 7) is 10.0. The molecule has 7 nitrogen and oxygen atoms in total. The molecule has 176 valence electrons. The smallest absolute Gasteiger partial charge is 0.319 e. The third kappa shape index (κ3) is 9.76. The van der Waals surface area contributed by atoms with Crippen LogP contribution in [0.5, 0.6) is 5.75 Å². The number of hydrogen-bond acceptors (Lipinski definition) is 3. The predicted molar refractivity (Wildman–Crippen MR) is 143 cm³/mol. The topological polar surface area (TPSA) is 86.8 Å². The molecule has 0 aliphatic rings. The number of carbonyl (C=O) groups excluding carboxylic acids is 1. The van der Waals surface area contributed by atoms with Gasteiger partial charge >= 0.3 is 6.03 Å². The fourth-order valence-corrected chi connectivity index (χ4v) is 2.98. The van der Waals surface area contributed by atoms with Crippen LogP contribution in [0.15, 0.2) is 47.5 Å². The van der Waals surface area contributed by atoms with Gasteiger partial charge in [-0.15, -0.1) is 24.0 Å². The summed E-state index contributed by atoms with van der Waals surface area (Å²) in [4.78, 5) is 16.4. The number of urea groups is 1. The van der Waals surface area contributed by atoms with Gasteiger partial charge in [-0.25, -0.2) is 9.79 Å². The summed E-state index contributed by atoms with van der Waals surface area (Å²) in [5, 5.41) is 12.3. The van der Waals surface area contributed by atoms with Crippen LogP contribution in [0, 0.1) is 6.92 Å². The second-order valence-corrected chi connectivity index (χ2v) is 7.63. The van der Waals surface area contributed by atoms with Gasteiger partial charge in [0.15, 0.2) is 5.96 Å². The predicted octanol–water partition coefficient (Wildman–Crippen LogP) is 4.45. The molecule has 2 aromatic carbocycles. The minimum absolute atomic E-state index is 0. The van der Waals surface area contributed by atoms with E-state index in [1.165, 1.54) is 5.56 Å². The molecular formula is C24H36IN5O2. The monoisotopic (exact) mass is 553 g/mol. The largest absolute Gasteiger partial charge is 0.496 e. The fourth-order valence-electron chi connectivity index (χ4n) is 2.98. The van der Waals surface area contributed by atoms with Crippen LogP contribution in [0.3, 0.4) is 0 Å². The molecule has 0 heterocycles. The number of hydrogen-bond donors (Lipinski definition) is 4. The van der Waals surface area contributed by atoms with Gasteiger partial charge in [-0.2, -0.15) is 0 Å². The standard InChI is InChI=1S/C24H35N5O2.HI/c1-6-25-23(26-14-13-19-8-7-18(4)22(15-19)31-5)27-16-20-9-11-21(12-10-20)29-24(30)28-17(2)3;/h7-12,15,17H,6,13-14,16H2,1-5H3,(H2,25,26,27)(H2,28,29,30);1H. The summed E-state index contributed by atoms with van der Waals surface area (Å²) in [6, 6.07) is 13.9. The first-order chi connectivity index (χ1) is 14.9. The Kier molecular flexibility index (Phi) is 12.5. The molecule has 2 aromatic rings. The van der Waals surface area contributed by atoms with Crippen LogP contribution < -0.4 is 26.0 Å². The van der Waals surface area contributed by atoms with Gasteiger partial charge in [0.1, 0.15) is 5.75 Å². The number of amides is 2. The number of rotatable bonds is 9. The number of carbonyl (C=O) groups is 1. The van der Waals surface area contributed by atoms with Gasteiger partial charge in [0.2, 0.25) is 0 Å². The molecule has 0 saturated heterocycles. The van der Waals surface area contributed by atoms with Gasteiger partial charge in [-0.05, 0) is 69.0 Å². The molecule has 4 N–H and O–H groups in total. The zero-order valence-corrected chi connectivity index (χ0v) is 21.9. The summed E-state index contributed by atoms with van der Waals surface area (Å²) in [5.74, 6) is 1.69. The van der Waals surface area contributed by atoms with Crippen molar-refractivity contribution in [3.8, 4) is 5.75 Å². The van der Waals surface area contributed by atoms with Gasteiger partial charge in [0, 0.05) is 24.8 Å². The van der Waals surface area contributed by atoms with E-state index in [1.807, 2.05) is 52.0 Å². The Balaban J connectivity index is 0.00000512. The molecule has 0 radical (unpaired) electrons. The van der Waals surface area contributed by atoms with Crippen molar-refractivity contribution in [3.63, 3.8) is 0 Å². The Labute approximate surface area is 208 Å². The number of methoxy groups -OCH3 is 1. The Bertz CT molecular complexity index is 869. The van der Waals surface area contributed by atoms with E-state index in [2.05, 4.69) is 44.5 Å². The molecule has 2 rings (SSSR count). The van der Waals surface area contributed by atoms with Crippen molar-refractivity contribution in [1.82, 2.24) is 16.0 Å². The first-order valence-corrected chi connectivity index (χ1v) is 10.7. The average Bonchev–Trinajstić information content (AvgIpc) is 2.73. The number of nitrogens with zero attached hydrogens (tertiary/aromatic N) is 1. The summed E-state index contributed by atoms with van der Waals surface area (Å²) in [6.07, 6.45) is 0.875. The Hall–Kier alpha value is -2.49. The quantitative estimate of drug-likeness (QED) is 0.210. The molecule has 0 saturated carbocycles. The van der Waals surface area contributed by atoms with Gasteiger partial charge in [0.05, 0.1) is 13.7 Å². The highest BCUT2D eigenvalue weighted by atomic mass is 127. The summed E-state index contributed by atoms with van der Waals surface area (Å²) in [5.41, 5.74) is 4.17. The molecule has 32 heavy (non-hydrogen) atoms. The maximum absolute atomic E-state index is 11.8. The highest BCUT2D eigenvalue weighted by Gasteiger charge is 2.04. The van der Waals surface area contributed by atoms with Gasteiger partial charge in [-0.1, -0.05) is 24.3 Å². The van der Waals surface area contributed by atoms with Gasteiger partial charge in [-0.3, -0.25) is 0 Å². The minimum Gasteiger partial charge on any atom is -0.496 e. The summed E-state index contributed by atoms with van der Waals surface area (Å²) < 4.78 is 5.40. The van der Waals surface area contributed by atoms with E-state index >= 15 is 0 Å². The highest BCUT2D eigenvalue weighted by Crippen LogP contribution is 2.19. The van der Waals surface area contributed by atoms with Crippen molar-refractivity contribution in [2.45, 2.75) is 46.7 Å². The van der Waals surface area contributed by atoms with Crippen molar-refractivity contribution in [2.24, 2.45) is 4.99 Å². The zero-order valence-electron chi connectivity index (χ0n) is 19.6. The molecule has 2 amide bonds. The lowest BCUT2D eigenvalue weighted by Gasteiger charge is -2.13. The number of nitrogens with one attached hydrogen (secondary N) is 4. The molecule has 0 bridgehead atoms. The minimum atomic E-state index is -0.203. The normalized spacial score (nSPS) is 10.9. The van der Waals surface area contributed by atoms with Crippen molar-refractivity contribution in [2.75, 3.05) is 25.5 Å². The van der Waals surface area contributed by atoms with Crippen LogP contribution in [0.4, 0.5) is 10.5 Å². The van der Waals surface area contributed by atoms with Crippen molar-refractivity contribution >= 4 is 41.7 Å². The van der Waals surface area contributed by atoms with Crippen LogP contribution in [0.1, 0.15) is 37.5 Å². The number of ether oxygens (including phenoxy) is 1. The summed E-state index contributed by atoms with van der Waals surface area (Å²) >= 11 is 0. The van der Waals surface area contributed by atoms with Crippen LogP contribution in [-0.2, 0) is 13.0 Å². The average molecular weight is 553 g/mol. The van der Waals surface area contributed by atoms with E-state index in [9.17, 15) is 4.79 Å². The van der Waals surface area contributed by atoms with Crippen LogP contribution in [-0.4, -0.2) is 38.2 Å². The van der Waals surface area contributed by atoms with Crippen LogP contribution in [0.2, 0.25) is 0 Å². The summed E-state index contributed by atoms with van der Waals surface area (Å²) in [7, 11) is 1.70. The molecule has 8 heteroatoms. The second kappa shape index (κ2) is 14.5. The molecule has 0 spiro atoms. The third-order valence-electron chi connectivity index (χ3n) is 4.57. The first-order valence-electron chi connectivity index (χ1n) is 10.7. The van der Waals surface area contributed by atoms with E-state index in [0.29, 0.717) is 6.54 Å². The molecule has 0 aromatic heterocycles. The molecule has 0 atom stereocenters. The lowest BCUT2D eigenvalue weighted by atomic mass is 10.1. The molecule has 0 aliphatic heterocycles. The molecule has 0 aliphatic carbocycles. The van der Waals surface area contributed by atoms with E-state index in [0.717, 1.165) is 48.0 Å². The lowest BCUT2D eigenvalue weighted by Crippen LogP contribution is -2.38. The first kappa shape index (κ1) is 27.5. The maximum atomic E-state index is 11.8. The van der Waals surface area contributed by atoms with Crippen molar-refractivity contribution in [1.29, 1.82) is 0 Å². The Morgan fingerprint density at radius 1 is 1.06 bits per heavy atom. The van der Waals surface area contributed by atoms with Crippen LogP contribution in [0.25, 0.3) is 0 Å². The highest BCUT2D eigenvalue weighted by molar-refractivity contribution is 14.0. The molecular weight excluding hydrogens is 517 g/mol. The fraction of sp³-hybridized carbons (Fsp3) is 0.417. The van der Waals surface area contributed by atoms with Gasteiger partial charge in [0.25, 0.3) is 0 Å². The lowest BCUT2D eigenvalue weighted by molar-refractivity contribution is 0.250. The third-order valence-corrected chi connectivity index (χ3v) is 4.57. The Morgan fingerprint density at radius 2 is 1.75 bits per heavy atom. The van der Waals surface area contributed by atoms with Crippen molar-refractivity contribution in [3.05, 3.63) is 59.2 Å². The maximum Gasteiger partial charge on any atom is 0.319 e. The Morgan fingerprint density at radius 3 is 2.38 bits per heavy atom. The molecule has 0 unspecified atom stereocenters. The molecule has 0 fully saturated rings. The van der Waals surface area contributed by atoms with Crippen LogP contribution >= 0.6 is 24.0 Å². The number of anilines is 1. The number of halogens is 1. The van der Waals surface area contributed by atoms with E-state index < -0.39 is 0 Å². The number of benzene rings is 2. The number of aliphatic imine (C=N–C) groups is 1. The van der Waals surface area contributed by atoms with Crippen molar-refractivity contribution < 1.29 is 9.53 Å². The number of guanidine groups is 1. The second-order valence-electron chi connectivity index (χ2n) is 7.63. The number of aryl methyl sites for hydroxylation is 1. The van der Waals surface area contributed by atoms with Gasteiger partial charge < -0.3 is 26.0 Å². The van der Waals surface area contributed by atoms with E-state index in [4.69, 9.17) is 4.74 Å².